The number of phenols is 1. The summed E-state index contributed by atoms with van der Waals surface area (Å²) in [7, 11) is 1.48. The number of nitrogens with zero attached hydrogens (tertiary/aromatic N) is 3. The van der Waals surface area contributed by atoms with Crippen molar-refractivity contribution in [3.63, 3.8) is 0 Å². The quantitative estimate of drug-likeness (QED) is 0.424. The van der Waals surface area contributed by atoms with Crippen LogP contribution in [0.4, 0.5) is 10.5 Å². The van der Waals surface area contributed by atoms with Crippen LogP contribution in [0.3, 0.4) is 0 Å². The van der Waals surface area contributed by atoms with Crippen LogP contribution in [0, 0.1) is 0 Å². The average molecular weight is 461 g/mol. The number of carbonyl (C=O) groups is 1. The van der Waals surface area contributed by atoms with E-state index >= 15 is 0 Å². The maximum Gasteiger partial charge on any atom is 0.326 e. The van der Waals surface area contributed by atoms with E-state index in [0.29, 0.717) is 34.1 Å². The third-order valence-corrected chi connectivity index (χ3v) is 6.30. The zero-order chi connectivity index (χ0) is 22.9. The van der Waals surface area contributed by atoms with Gasteiger partial charge in [0.05, 0.1) is 29.3 Å². The molecule has 0 aliphatic carbocycles. The van der Waals surface area contributed by atoms with E-state index in [-0.39, 0.29) is 17.7 Å². The molecule has 166 valence electrons. The van der Waals surface area contributed by atoms with E-state index < -0.39 is 6.04 Å². The lowest BCUT2D eigenvalue weighted by molar-refractivity contribution is 0.244. The van der Waals surface area contributed by atoms with E-state index in [1.165, 1.54) is 18.4 Å². The van der Waals surface area contributed by atoms with Gasteiger partial charge in [0.15, 0.2) is 11.5 Å². The molecule has 9 heteroatoms. The fourth-order valence-electron chi connectivity index (χ4n) is 3.88. The lowest BCUT2D eigenvalue weighted by Gasteiger charge is -2.35. The van der Waals surface area contributed by atoms with Gasteiger partial charge >= 0.3 is 6.03 Å². The van der Waals surface area contributed by atoms with Crippen LogP contribution in [0.15, 0.2) is 76.3 Å². The Labute approximate surface area is 193 Å². The predicted molar refractivity (Wildman–Crippen MR) is 125 cm³/mol. The van der Waals surface area contributed by atoms with Gasteiger partial charge in [0.1, 0.15) is 0 Å². The van der Waals surface area contributed by atoms with Crippen LogP contribution >= 0.6 is 11.3 Å². The van der Waals surface area contributed by atoms with Gasteiger partial charge in [0.25, 0.3) is 5.89 Å². The van der Waals surface area contributed by atoms with E-state index in [1.54, 1.807) is 23.1 Å². The molecule has 2 amide bonds. The Hall–Kier alpha value is -4.11. The molecule has 0 saturated carbocycles. The molecule has 5 rings (SSSR count). The largest absolute Gasteiger partial charge is 0.504 e. The Morgan fingerprint density at radius 3 is 2.67 bits per heavy atom. The first-order valence-corrected chi connectivity index (χ1v) is 11.1. The molecule has 2 aromatic heterocycles. The van der Waals surface area contributed by atoms with Crippen molar-refractivity contribution in [2.45, 2.75) is 13.0 Å². The molecule has 0 bridgehead atoms. The summed E-state index contributed by atoms with van der Waals surface area (Å²) >= 11 is 1.51. The van der Waals surface area contributed by atoms with Gasteiger partial charge in [-0.3, -0.25) is 4.90 Å². The van der Waals surface area contributed by atoms with Crippen LogP contribution in [0.1, 0.15) is 24.4 Å². The molecule has 0 spiro atoms. The molecule has 4 aromatic rings. The fourth-order valence-corrected chi connectivity index (χ4v) is 4.53. The summed E-state index contributed by atoms with van der Waals surface area (Å²) in [6.07, 6.45) is 0. The van der Waals surface area contributed by atoms with Gasteiger partial charge in [-0.2, -0.15) is 4.98 Å². The third-order valence-electron chi connectivity index (χ3n) is 5.43. The van der Waals surface area contributed by atoms with Crippen molar-refractivity contribution in [3.05, 3.63) is 83.2 Å². The van der Waals surface area contributed by atoms with Crippen molar-refractivity contribution in [2.24, 2.45) is 0 Å². The minimum atomic E-state index is -0.620. The van der Waals surface area contributed by atoms with Crippen LogP contribution in [0.25, 0.3) is 16.3 Å². The number of aromatic hydroxyl groups is 1. The van der Waals surface area contributed by atoms with Crippen molar-refractivity contribution in [1.29, 1.82) is 0 Å². The number of hydrogen-bond acceptors (Lipinski definition) is 7. The summed E-state index contributed by atoms with van der Waals surface area (Å²) in [6.45, 7) is 1.84. The minimum Gasteiger partial charge on any atom is -0.504 e. The molecule has 33 heavy (non-hydrogen) atoms. The van der Waals surface area contributed by atoms with E-state index in [1.807, 2.05) is 54.8 Å². The maximum atomic E-state index is 13.2. The number of ether oxygens (including phenoxy) is 1. The zero-order valence-corrected chi connectivity index (χ0v) is 18.7. The number of benzene rings is 2. The van der Waals surface area contributed by atoms with Gasteiger partial charge in [0.2, 0.25) is 5.82 Å². The van der Waals surface area contributed by atoms with Gasteiger partial charge < -0.3 is 19.7 Å². The second kappa shape index (κ2) is 8.44. The SMILES string of the molecule is COc1ccc(C2NC(=O)N(c3ccccc3)C(C)=C2c2nc(-c3cccs3)no2)cc1O. The zero-order valence-electron chi connectivity index (χ0n) is 17.9. The molecule has 1 aliphatic heterocycles. The van der Waals surface area contributed by atoms with E-state index in [9.17, 15) is 9.90 Å². The second-order valence-electron chi connectivity index (χ2n) is 7.38. The smallest absolute Gasteiger partial charge is 0.326 e. The van der Waals surface area contributed by atoms with Crippen molar-refractivity contribution >= 4 is 28.6 Å². The van der Waals surface area contributed by atoms with Crippen molar-refractivity contribution in [3.8, 4) is 22.2 Å². The lowest BCUT2D eigenvalue weighted by atomic mass is 9.94. The van der Waals surface area contributed by atoms with Crippen LogP contribution in [0.2, 0.25) is 0 Å². The van der Waals surface area contributed by atoms with Gasteiger partial charge in [-0.1, -0.05) is 35.5 Å². The molecule has 0 saturated heterocycles. The van der Waals surface area contributed by atoms with E-state index in [0.717, 1.165) is 4.88 Å². The summed E-state index contributed by atoms with van der Waals surface area (Å²) in [5.41, 5.74) is 2.64. The summed E-state index contributed by atoms with van der Waals surface area (Å²) in [5, 5.41) is 19.5. The Kier molecular flexibility index (Phi) is 5.31. The molecule has 0 radical (unpaired) electrons. The number of phenolic OH excluding ortho intramolecular Hbond substituents is 1. The highest BCUT2D eigenvalue weighted by atomic mass is 32.1. The molecular formula is C24H20N4O4S. The molecule has 3 heterocycles. The van der Waals surface area contributed by atoms with Gasteiger partial charge in [-0.15, -0.1) is 11.3 Å². The highest BCUT2D eigenvalue weighted by molar-refractivity contribution is 7.13. The number of amides is 2. The first kappa shape index (κ1) is 20.8. The fraction of sp³-hybridized carbons (Fsp3) is 0.125. The molecule has 1 aliphatic rings. The van der Waals surface area contributed by atoms with Crippen LogP contribution in [-0.2, 0) is 0 Å². The summed E-state index contributed by atoms with van der Waals surface area (Å²) in [4.78, 5) is 20.3. The first-order valence-electron chi connectivity index (χ1n) is 10.2. The molecule has 1 atom stereocenters. The number of para-hydroxylation sites is 1. The highest BCUT2D eigenvalue weighted by Crippen LogP contribution is 2.41. The maximum absolute atomic E-state index is 13.2. The van der Waals surface area contributed by atoms with Crippen molar-refractivity contribution in [2.75, 3.05) is 12.0 Å². The Morgan fingerprint density at radius 2 is 1.97 bits per heavy atom. The van der Waals surface area contributed by atoms with Crippen molar-refractivity contribution < 1.29 is 19.2 Å². The summed E-state index contributed by atoms with van der Waals surface area (Å²) in [6, 6.07) is 17.2. The Bertz CT molecular complexity index is 1330. The van der Waals surface area contributed by atoms with Crippen LogP contribution < -0.4 is 15.0 Å². The normalized spacial score (nSPS) is 16.1. The number of rotatable bonds is 5. The Morgan fingerprint density at radius 1 is 1.15 bits per heavy atom. The van der Waals surface area contributed by atoms with Gasteiger partial charge in [-0.05, 0) is 48.2 Å². The van der Waals surface area contributed by atoms with E-state index in [2.05, 4.69) is 15.5 Å². The summed E-state index contributed by atoms with van der Waals surface area (Å²) < 4.78 is 10.8. The van der Waals surface area contributed by atoms with Crippen LogP contribution in [-0.4, -0.2) is 28.4 Å². The highest BCUT2D eigenvalue weighted by Gasteiger charge is 2.36. The molecule has 0 fully saturated rings. The standard InChI is InChI=1S/C24H20N4O4S/c1-14-20(23-26-22(27-32-23)19-9-6-12-33-19)21(15-10-11-18(31-2)17(29)13-15)25-24(30)28(14)16-7-4-3-5-8-16/h3-13,21,29H,1-2H3,(H,25,30). The topological polar surface area (TPSA) is 101 Å². The number of nitrogens with one attached hydrogen (secondary N) is 1. The monoisotopic (exact) mass is 460 g/mol. The van der Waals surface area contributed by atoms with Gasteiger partial charge in [0, 0.05) is 5.70 Å². The molecule has 1 unspecified atom stereocenters. The number of allylic oxidation sites excluding steroid dienone is 1. The number of methoxy groups -OCH3 is 1. The second-order valence-corrected chi connectivity index (χ2v) is 8.33. The number of thiophene rings is 1. The predicted octanol–water partition coefficient (Wildman–Crippen LogP) is 5.21. The molecule has 2 N–H and O–H groups in total. The minimum absolute atomic E-state index is 0.0310. The third kappa shape index (κ3) is 3.72. The van der Waals surface area contributed by atoms with Crippen molar-refractivity contribution in [1.82, 2.24) is 15.5 Å². The lowest BCUT2D eigenvalue weighted by Crippen LogP contribution is -2.46. The first-order chi connectivity index (χ1) is 16.1. The molecule has 8 nitrogen and oxygen atoms in total. The molecular weight excluding hydrogens is 440 g/mol. The van der Waals surface area contributed by atoms with Crippen LogP contribution in [0.5, 0.6) is 11.5 Å². The summed E-state index contributed by atoms with van der Waals surface area (Å²) in [5.74, 6) is 1.07. The number of anilines is 1. The molecule has 2 aromatic carbocycles. The number of aromatic nitrogens is 2. The number of urea groups is 1. The average Bonchev–Trinajstić information content (AvgIpc) is 3.52. The van der Waals surface area contributed by atoms with E-state index in [4.69, 9.17) is 9.26 Å². The Balaban J connectivity index is 1.66. The number of hydrogen-bond donors (Lipinski definition) is 2. The number of carbonyl (C=O) groups excluding carboxylic acids is 1. The van der Waals surface area contributed by atoms with Gasteiger partial charge in [-0.25, -0.2) is 4.79 Å².